The van der Waals surface area contributed by atoms with Crippen LogP contribution in [0.4, 0.5) is 0 Å². The first kappa shape index (κ1) is 23.2. The number of ether oxygens (including phenoxy) is 2. The summed E-state index contributed by atoms with van der Waals surface area (Å²) in [7, 11) is 1.52. The minimum atomic E-state index is -0.875. The fraction of sp³-hybridized carbons (Fsp3) is 0.107. The van der Waals surface area contributed by atoms with Gasteiger partial charge >= 0.3 is 5.97 Å². The molecule has 1 aliphatic heterocycles. The molecule has 0 amide bonds. The van der Waals surface area contributed by atoms with Crippen LogP contribution in [0, 0.1) is 0 Å². The molecule has 0 aliphatic carbocycles. The molecule has 0 unspecified atom stereocenters. The number of fused-ring (bicyclic) bond motifs is 4. The topological polar surface area (TPSA) is 159 Å². The van der Waals surface area contributed by atoms with Gasteiger partial charge in [-0.2, -0.15) is 0 Å². The Balaban J connectivity index is 1.65. The maximum Gasteiger partial charge on any atom is 0.312 e. The third kappa shape index (κ3) is 3.62. The van der Waals surface area contributed by atoms with Crippen LogP contribution in [-0.4, -0.2) is 33.4 Å². The van der Waals surface area contributed by atoms with Crippen LogP contribution < -0.4 is 20.5 Å². The lowest BCUT2D eigenvalue weighted by Gasteiger charge is -2.25. The zero-order valence-corrected chi connectivity index (χ0v) is 19.8. The lowest BCUT2D eigenvalue weighted by molar-refractivity contribution is -0.135. The minimum Gasteiger partial charge on any atom is -0.507 e. The van der Waals surface area contributed by atoms with Crippen LogP contribution in [0.25, 0.3) is 33.2 Å². The number of carbonyl (C=O) groups excluding carboxylic acids is 1. The average Bonchev–Trinajstić information content (AvgIpc) is 2.88. The third-order valence-electron chi connectivity index (χ3n) is 6.64. The summed E-state index contributed by atoms with van der Waals surface area (Å²) in [5.41, 5.74) is 0.195. The van der Waals surface area contributed by atoms with Gasteiger partial charge in [0.15, 0.2) is 16.9 Å². The SMILES string of the molecule is COc1ccc2[nH]c(=O)c([C@@H]3CC(=O)Oc4cc(O)c5c(=O)cc(-c6ccc(O)c(O)c6)oc5c43)cc2c1. The summed E-state index contributed by atoms with van der Waals surface area (Å²) in [4.78, 5) is 41.7. The Hall–Kier alpha value is -5.25. The van der Waals surface area contributed by atoms with Gasteiger partial charge in [0, 0.05) is 45.6 Å². The molecular formula is C28H19NO9. The van der Waals surface area contributed by atoms with Crippen LogP contribution in [-0.2, 0) is 4.79 Å². The number of phenolic OH excluding ortho intramolecular Hbond substituents is 3. The van der Waals surface area contributed by atoms with Gasteiger partial charge in [0.2, 0.25) is 0 Å². The van der Waals surface area contributed by atoms with E-state index in [1.54, 1.807) is 24.3 Å². The largest absolute Gasteiger partial charge is 0.507 e. The molecular weight excluding hydrogens is 494 g/mol. The summed E-state index contributed by atoms with van der Waals surface area (Å²) in [6.07, 6.45) is -0.223. The van der Waals surface area contributed by atoms with Gasteiger partial charge in [-0.3, -0.25) is 14.4 Å². The maximum atomic E-state index is 13.2. The van der Waals surface area contributed by atoms with Crippen LogP contribution in [0.5, 0.6) is 28.7 Å². The number of methoxy groups -OCH3 is 1. The van der Waals surface area contributed by atoms with E-state index in [0.717, 1.165) is 12.1 Å². The molecule has 1 atom stereocenters. The number of aromatic hydroxyl groups is 3. The lowest BCUT2D eigenvalue weighted by atomic mass is 9.85. The molecule has 3 heterocycles. The molecule has 0 radical (unpaired) electrons. The van der Waals surface area contributed by atoms with E-state index in [0.29, 0.717) is 16.7 Å². The Kier molecular flexibility index (Phi) is 5.13. The monoisotopic (exact) mass is 513 g/mol. The number of hydrogen-bond acceptors (Lipinski definition) is 9. The predicted octanol–water partition coefficient (Wildman–Crippen LogP) is 3.87. The Morgan fingerprint density at radius 3 is 2.50 bits per heavy atom. The second-order valence-electron chi connectivity index (χ2n) is 8.93. The quantitative estimate of drug-likeness (QED) is 0.160. The highest BCUT2D eigenvalue weighted by atomic mass is 16.5. The zero-order chi connectivity index (χ0) is 26.7. The zero-order valence-electron chi connectivity index (χ0n) is 19.8. The average molecular weight is 513 g/mol. The van der Waals surface area contributed by atoms with Gasteiger partial charge in [0.05, 0.1) is 13.5 Å². The fourth-order valence-electron chi connectivity index (χ4n) is 4.83. The Morgan fingerprint density at radius 1 is 0.921 bits per heavy atom. The highest BCUT2D eigenvalue weighted by molar-refractivity contribution is 5.93. The Labute approximate surface area is 212 Å². The molecule has 190 valence electrons. The molecule has 2 aromatic heterocycles. The van der Waals surface area contributed by atoms with Crippen molar-refractivity contribution in [3.8, 4) is 40.1 Å². The predicted molar refractivity (Wildman–Crippen MR) is 136 cm³/mol. The smallest absolute Gasteiger partial charge is 0.312 e. The Bertz CT molecular complexity index is 1920. The molecule has 0 saturated heterocycles. The third-order valence-corrected chi connectivity index (χ3v) is 6.64. The van der Waals surface area contributed by atoms with E-state index in [1.807, 2.05) is 0 Å². The van der Waals surface area contributed by atoms with E-state index in [9.17, 15) is 29.7 Å². The van der Waals surface area contributed by atoms with Crippen molar-refractivity contribution in [3.63, 3.8) is 0 Å². The normalized spacial score (nSPS) is 14.9. The molecule has 10 heteroatoms. The first-order chi connectivity index (χ1) is 18.2. The van der Waals surface area contributed by atoms with Crippen molar-refractivity contribution in [3.05, 3.63) is 86.3 Å². The number of rotatable bonds is 3. The van der Waals surface area contributed by atoms with Gasteiger partial charge in [-0.25, -0.2) is 0 Å². The van der Waals surface area contributed by atoms with Crippen LogP contribution >= 0.6 is 0 Å². The van der Waals surface area contributed by atoms with Gasteiger partial charge in [-0.1, -0.05) is 0 Å². The second-order valence-corrected chi connectivity index (χ2v) is 8.93. The van der Waals surface area contributed by atoms with E-state index < -0.39 is 34.4 Å². The van der Waals surface area contributed by atoms with Crippen LogP contribution in [0.15, 0.2) is 68.6 Å². The molecule has 5 aromatic rings. The summed E-state index contributed by atoms with van der Waals surface area (Å²) in [6, 6.07) is 13.0. The number of aromatic nitrogens is 1. The number of hydrogen-bond donors (Lipinski definition) is 4. The molecule has 0 bridgehead atoms. The fourth-order valence-corrected chi connectivity index (χ4v) is 4.83. The molecule has 10 nitrogen and oxygen atoms in total. The summed E-state index contributed by atoms with van der Waals surface area (Å²) in [6.45, 7) is 0. The number of H-pyrrole nitrogens is 1. The number of esters is 1. The number of benzene rings is 3. The molecule has 1 aliphatic rings. The van der Waals surface area contributed by atoms with E-state index in [4.69, 9.17) is 13.9 Å². The summed E-state index contributed by atoms with van der Waals surface area (Å²) < 4.78 is 16.8. The van der Waals surface area contributed by atoms with Crippen molar-refractivity contribution in [2.24, 2.45) is 0 Å². The maximum absolute atomic E-state index is 13.2. The molecule has 4 N–H and O–H groups in total. The number of aromatic amines is 1. The molecule has 3 aromatic carbocycles. The van der Waals surface area contributed by atoms with Crippen molar-refractivity contribution < 1.29 is 34.0 Å². The van der Waals surface area contributed by atoms with E-state index in [2.05, 4.69) is 4.98 Å². The molecule has 0 saturated carbocycles. The number of phenols is 3. The van der Waals surface area contributed by atoms with Crippen LogP contribution in [0.2, 0.25) is 0 Å². The van der Waals surface area contributed by atoms with E-state index in [1.165, 1.54) is 25.3 Å². The summed E-state index contributed by atoms with van der Waals surface area (Å²) >= 11 is 0. The highest BCUT2D eigenvalue weighted by Crippen LogP contribution is 2.46. The van der Waals surface area contributed by atoms with Crippen molar-refractivity contribution in [2.45, 2.75) is 12.3 Å². The van der Waals surface area contributed by atoms with Gasteiger partial charge in [-0.05, 0) is 42.5 Å². The van der Waals surface area contributed by atoms with Gasteiger partial charge in [0.1, 0.15) is 34.0 Å². The second kappa shape index (κ2) is 8.41. The van der Waals surface area contributed by atoms with Crippen LogP contribution in [0.1, 0.15) is 23.5 Å². The van der Waals surface area contributed by atoms with Crippen molar-refractivity contribution >= 4 is 27.8 Å². The van der Waals surface area contributed by atoms with E-state index in [-0.39, 0.29) is 51.3 Å². The minimum absolute atomic E-state index is 0.0263. The standard InChI is InChI=1S/C28H19NO9/c1-36-14-3-4-17-13(6-14)7-16(28(35)29-17)15-9-24(34)37-23-11-21(33)26-20(32)10-22(38-27(26)25(15)23)12-2-5-18(30)19(31)8-12/h2-8,10-11,15,30-31,33H,9H2,1H3,(H,29,35)/t15-/m0/s1. The van der Waals surface area contributed by atoms with E-state index >= 15 is 0 Å². The van der Waals surface area contributed by atoms with Gasteiger partial charge < -0.3 is 34.2 Å². The summed E-state index contributed by atoms with van der Waals surface area (Å²) in [5.74, 6) is -2.19. The van der Waals surface area contributed by atoms with Crippen LogP contribution in [0.3, 0.4) is 0 Å². The highest BCUT2D eigenvalue weighted by Gasteiger charge is 2.35. The number of nitrogens with one attached hydrogen (secondary N) is 1. The first-order valence-corrected chi connectivity index (χ1v) is 11.5. The number of pyridine rings is 1. The first-order valence-electron chi connectivity index (χ1n) is 11.5. The molecule has 6 rings (SSSR count). The van der Waals surface area contributed by atoms with Crippen molar-refractivity contribution in [2.75, 3.05) is 7.11 Å². The summed E-state index contributed by atoms with van der Waals surface area (Å²) in [5, 5.41) is 30.7. The van der Waals surface area contributed by atoms with Crippen molar-refractivity contribution in [1.29, 1.82) is 0 Å². The van der Waals surface area contributed by atoms with Gasteiger partial charge in [0.25, 0.3) is 5.56 Å². The van der Waals surface area contributed by atoms with Crippen molar-refractivity contribution in [1.82, 2.24) is 4.98 Å². The molecule has 0 fully saturated rings. The Morgan fingerprint density at radius 2 is 1.74 bits per heavy atom. The number of carbonyl (C=O) groups is 1. The lowest BCUT2D eigenvalue weighted by Crippen LogP contribution is -2.26. The van der Waals surface area contributed by atoms with Gasteiger partial charge in [-0.15, -0.1) is 0 Å². The molecule has 0 spiro atoms. The molecule has 38 heavy (non-hydrogen) atoms.